The molecule has 126 valence electrons. The topological polar surface area (TPSA) is 60.2 Å². The molecule has 1 aromatic carbocycles. The molecule has 24 heavy (non-hydrogen) atoms. The van der Waals surface area contributed by atoms with Crippen LogP contribution in [0.5, 0.6) is 0 Å². The van der Waals surface area contributed by atoms with Gasteiger partial charge >= 0.3 is 0 Å². The second-order valence-electron chi connectivity index (χ2n) is 6.66. The van der Waals surface area contributed by atoms with Crippen molar-refractivity contribution in [2.24, 2.45) is 5.92 Å². The fraction of sp³-hybridized carbons (Fsp3) is 0.500. The third-order valence-electron chi connectivity index (χ3n) is 4.97. The van der Waals surface area contributed by atoms with Crippen LogP contribution in [0.1, 0.15) is 25.3 Å². The smallest absolute Gasteiger partial charge is 0.222 e. The minimum atomic E-state index is 0.244. The molecule has 0 unspecified atom stereocenters. The second kappa shape index (κ2) is 6.73. The molecule has 1 amide bonds. The summed E-state index contributed by atoms with van der Waals surface area (Å²) in [6, 6.07) is 10.3. The van der Waals surface area contributed by atoms with Crippen molar-refractivity contribution in [3.8, 4) is 11.3 Å². The normalized spacial score (nSPS) is 19.2. The van der Waals surface area contributed by atoms with E-state index in [9.17, 15) is 4.79 Å². The highest BCUT2D eigenvalue weighted by Gasteiger charge is 2.33. The Morgan fingerprint density at radius 2 is 1.92 bits per heavy atom. The maximum absolute atomic E-state index is 12.3. The monoisotopic (exact) mass is 326 g/mol. The highest BCUT2D eigenvalue weighted by Crippen LogP contribution is 2.26. The average Bonchev–Trinajstić information content (AvgIpc) is 3.05. The Bertz CT molecular complexity index is 688. The largest absolute Gasteiger partial charge is 0.381 e. The van der Waals surface area contributed by atoms with Crippen molar-refractivity contribution in [1.82, 2.24) is 19.9 Å². The zero-order valence-corrected chi connectivity index (χ0v) is 13.7. The molecule has 2 aliphatic heterocycles. The van der Waals surface area contributed by atoms with Gasteiger partial charge in [0.1, 0.15) is 5.69 Å². The van der Waals surface area contributed by atoms with Crippen molar-refractivity contribution >= 4 is 5.91 Å². The van der Waals surface area contributed by atoms with Crippen LogP contribution in [0.3, 0.4) is 0 Å². The van der Waals surface area contributed by atoms with Crippen molar-refractivity contribution in [1.29, 1.82) is 0 Å². The summed E-state index contributed by atoms with van der Waals surface area (Å²) in [6.45, 7) is 3.06. The lowest BCUT2D eigenvalue weighted by Crippen LogP contribution is -2.51. The van der Waals surface area contributed by atoms with E-state index in [1.54, 1.807) is 0 Å². The molecule has 0 atom stereocenters. The number of aromatic nitrogens is 3. The average molecular weight is 326 g/mol. The van der Waals surface area contributed by atoms with Crippen LogP contribution in [-0.2, 0) is 9.53 Å². The summed E-state index contributed by atoms with van der Waals surface area (Å²) in [5, 5.41) is 8.48. The van der Waals surface area contributed by atoms with Crippen molar-refractivity contribution < 1.29 is 9.53 Å². The van der Waals surface area contributed by atoms with Gasteiger partial charge in [-0.2, -0.15) is 0 Å². The minimum absolute atomic E-state index is 0.244. The van der Waals surface area contributed by atoms with Crippen LogP contribution in [0.25, 0.3) is 11.3 Å². The first-order valence-corrected chi connectivity index (χ1v) is 8.62. The fourth-order valence-corrected chi connectivity index (χ4v) is 3.35. The molecule has 0 radical (unpaired) electrons. The Kier molecular flexibility index (Phi) is 4.30. The van der Waals surface area contributed by atoms with E-state index in [4.69, 9.17) is 4.74 Å². The predicted molar refractivity (Wildman–Crippen MR) is 89.2 cm³/mol. The van der Waals surface area contributed by atoms with Gasteiger partial charge in [0.15, 0.2) is 0 Å². The molecule has 0 spiro atoms. The molecule has 1 aromatic heterocycles. The molecular weight excluding hydrogens is 304 g/mol. The van der Waals surface area contributed by atoms with Crippen molar-refractivity contribution in [2.45, 2.75) is 25.3 Å². The first kappa shape index (κ1) is 15.3. The van der Waals surface area contributed by atoms with Gasteiger partial charge in [0.2, 0.25) is 5.91 Å². The van der Waals surface area contributed by atoms with Gasteiger partial charge in [0, 0.05) is 38.3 Å². The number of nitrogens with zero attached hydrogens (tertiary/aromatic N) is 4. The number of carbonyl (C=O) groups is 1. The van der Waals surface area contributed by atoms with Gasteiger partial charge < -0.3 is 9.64 Å². The van der Waals surface area contributed by atoms with Gasteiger partial charge in [-0.25, -0.2) is 4.68 Å². The summed E-state index contributed by atoms with van der Waals surface area (Å²) in [5.74, 6) is 0.753. The van der Waals surface area contributed by atoms with E-state index in [1.807, 2.05) is 46.1 Å². The van der Waals surface area contributed by atoms with Gasteiger partial charge in [-0.1, -0.05) is 35.5 Å². The van der Waals surface area contributed by atoms with Gasteiger partial charge in [-0.15, -0.1) is 5.10 Å². The van der Waals surface area contributed by atoms with Crippen molar-refractivity contribution in [2.75, 3.05) is 26.3 Å². The van der Waals surface area contributed by atoms with Crippen LogP contribution < -0.4 is 0 Å². The Hall–Kier alpha value is -2.21. The first-order valence-electron chi connectivity index (χ1n) is 8.62. The lowest BCUT2D eigenvalue weighted by atomic mass is 9.95. The van der Waals surface area contributed by atoms with Crippen LogP contribution in [0.15, 0.2) is 36.5 Å². The zero-order valence-electron chi connectivity index (χ0n) is 13.7. The quantitative estimate of drug-likeness (QED) is 0.864. The number of rotatable bonds is 4. The van der Waals surface area contributed by atoms with E-state index in [1.165, 1.54) is 0 Å². The molecule has 2 aliphatic rings. The number of amides is 1. The molecule has 0 N–H and O–H groups in total. The molecule has 4 rings (SSSR count). The predicted octanol–water partition coefficient (Wildman–Crippen LogP) is 2.15. The first-order chi connectivity index (χ1) is 11.8. The molecule has 0 bridgehead atoms. The molecule has 2 saturated heterocycles. The SMILES string of the molecule is O=C(CC1CCOCC1)N1CC(n2cc(-c3ccccc3)nn2)C1. The summed E-state index contributed by atoms with van der Waals surface area (Å²) in [5.41, 5.74) is 1.94. The van der Waals surface area contributed by atoms with Gasteiger partial charge in [-0.3, -0.25) is 4.79 Å². The molecule has 2 fully saturated rings. The fourth-order valence-electron chi connectivity index (χ4n) is 3.35. The summed E-state index contributed by atoms with van der Waals surface area (Å²) < 4.78 is 7.24. The number of likely N-dealkylation sites (tertiary alicyclic amines) is 1. The van der Waals surface area contributed by atoms with E-state index in [0.717, 1.165) is 50.4 Å². The van der Waals surface area contributed by atoms with Crippen molar-refractivity contribution in [3.63, 3.8) is 0 Å². The molecule has 2 aromatic rings. The maximum atomic E-state index is 12.3. The van der Waals surface area contributed by atoms with Crippen LogP contribution in [0.4, 0.5) is 0 Å². The third kappa shape index (κ3) is 3.19. The highest BCUT2D eigenvalue weighted by atomic mass is 16.5. The van der Waals surface area contributed by atoms with Crippen LogP contribution in [0.2, 0.25) is 0 Å². The summed E-state index contributed by atoms with van der Waals surface area (Å²) in [6.07, 6.45) is 4.64. The number of ether oxygens (including phenoxy) is 1. The Balaban J connectivity index is 1.31. The lowest BCUT2D eigenvalue weighted by Gasteiger charge is -2.39. The van der Waals surface area contributed by atoms with Gasteiger partial charge in [0.05, 0.1) is 12.2 Å². The Labute approximate surface area is 141 Å². The molecule has 6 nitrogen and oxygen atoms in total. The van der Waals surface area contributed by atoms with E-state index < -0.39 is 0 Å². The molecule has 3 heterocycles. The van der Waals surface area contributed by atoms with Crippen molar-refractivity contribution in [3.05, 3.63) is 36.5 Å². The second-order valence-corrected chi connectivity index (χ2v) is 6.66. The standard InChI is InChI=1S/C18H22N4O2/c23-18(10-14-6-8-24-9-7-14)21-11-16(12-21)22-13-17(19-20-22)15-4-2-1-3-5-15/h1-5,13-14,16H,6-12H2. The Morgan fingerprint density at radius 3 is 2.67 bits per heavy atom. The molecule has 0 aliphatic carbocycles. The maximum Gasteiger partial charge on any atom is 0.222 e. The van der Waals surface area contributed by atoms with E-state index >= 15 is 0 Å². The number of hydrogen-bond acceptors (Lipinski definition) is 4. The van der Waals surface area contributed by atoms with E-state index in [0.29, 0.717) is 12.3 Å². The number of benzene rings is 1. The lowest BCUT2D eigenvalue weighted by molar-refractivity contribution is -0.138. The minimum Gasteiger partial charge on any atom is -0.381 e. The van der Waals surface area contributed by atoms with E-state index in [2.05, 4.69) is 10.3 Å². The summed E-state index contributed by atoms with van der Waals surface area (Å²) in [4.78, 5) is 14.3. The van der Waals surface area contributed by atoms with Crippen LogP contribution in [-0.4, -0.2) is 52.1 Å². The number of carbonyl (C=O) groups excluding carboxylic acids is 1. The summed E-state index contributed by atoms with van der Waals surface area (Å²) >= 11 is 0. The third-order valence-corrected chi connectivity index (χ3v) is 4.97. The highest BCUT2D eigenvalue weighted by molar-refractivity contribution is 5.77. The summed E-state index contributed by atoms with van der Waals surface area (Å²) in [7, 11) is 0. The molecular formula is C18H22N4O2. The zero-order chi connectivity index (χ0) is 16.4. The van der Waals surface area contributed by atoms with Gasteiger partial charge in [0.25, 0.3) is 0 Å². The van der Waals surface area contributed by atoms with E-state index in [-0.39, 0.29) is 11.9 Å². The van der Waals surface area contributed by atoms with Crippen LogP contribution >= 0.6 is 0 Å². The van der Waals surface area contributed by atoms with Crippen LogP contribution in [0, 0.1) is 5.92 Å². The Morgan fingerprint density at radius 1 is 1.17 bits per heavy atom. The molecule has 0 saturated carbocycles. The number of hydrogen-bond donors (Lipinski definition) is 0. The van der Waals surface area contributed by atoms with Gasteiger partial charge in [-0.05, 0) is 18.8 Å². The molecule has 6 heteroatoms.